The van der Waals surface area contributed by atoms with E-state index in [1.165, 1.54) is 0 Å². The first-order chi connectivity index (χ1) is 9.15. The number of nitrogens with zero attached hydrogens (tertiary/aromatic N) is 2. The Hall–Kier alpha value is -2.08. The van der Waals surface area contributed by atoms with Gasteiger partial charge in [0.1, 0.15) is 5.65 Å². The Balaban J connectivity index is 1.85. The van der Waals surface area contributed by atoms with Crippen LogP contribution in [0, 0.1) is 5.92 Å². The van der Waals surface area contributed by atoms with E-state index in [0.717, 1.165) is 12.8 Å². The number of hydrogen-bond acceptors (Lipinski definition) is 4. The standard InChI is InChI=1S/C13H15N3O3/c17-9-5-8(6-9)7-14-12-11(13(18)19)16-4-2-1-3-10(16)15-12/h1-4,8-9,14,17H,5-7H2,(H,18,19). The van der Waals surface area contributed by atoms with Crippen molar-refractivity contribution in [1.82, 2.24) is 9.38 Å². The molecule has 2 aromatic rings. The second-order valence-electron chi connectivity index (χ2n) is 4.92. The molecule has 0 atom stereocenters. The van der Waals surface area contributed by atoms with Crippen molar-refractivity contribution in [2.24, 2.45) is 5.92 Å². The molecule has 3 N–H and O–H groups in total. The lowest BCUT2D eigenvalue weighted by Gasteiger charge is -2.31. The van der Waals surface area contributed by atoms with Crippen molar-refractivity contribution in [2.45, 2.75) is 18.9 Å². The number of fused-ring (bicyclic) bond motifs is 1. The first-order valence-electron chi connectivity index (χ1n) is 6.27. The van der Waals surface area contributed by atoms with Crippen LogP contribution in [0.25, 0.3) is 5.65 Å². The van der Waals surface area contributed by atoms with Crippen LogP contribution in [-0.4, -0.2) is 38.2 Å². The van der Waals surface area contributed by atoms with E-state index in [1.807, 2.05) is 6.07 Å². The molecule has 100 valence electrons. The summed E-state index contributed by atoms with van der Waals surface area (Å²) in [4.78, 5) is 15.6. The van der Waals surface area contributed by atoms with Gasteiger partial charge in [0.2, 0.25) is 0 Å². The second-order valence-corrected chi connectivity index (χ2v) is 4.92. The molecular formula is C13H15N3O3. The summed E-state index contributed by atoms with van der Waals surface area (Å²) in [6, 6.07) is 5.36. The van der Waals surface area contributed by atoms with Gasteiger partial charge in [-0.3, -0.25) is 4.40 Å². The smallest absolute Gasteiger partial charge is 0.356 e. The van der Waals surface area contributed by atoms with Crippen molar-refractivity contribution in [3.05, 3.63) is 30.1 Å². The number of pyridine rings is 1. The minimum absolute atomic E-state index is 0.149. The summed E-state index contributed by atoms with van der Waals surface area (Å²) >= 11 is 0. The molecule has 6 nitrogen and oxygen atoms in total. The number of carboxylic acid groups (broad SMARTS) is 1. The van der Waals surface area contributed by atoms with Gasteiger partial charge in [-0.2, -0.15) is 0 Å². The van der Waals surface area contributed by atoms with Gasteiger partial charge in [0.05, 0.1) is 6.10 Å². The highest BCUT2D eigenvalue weighted by atomic mass is 16.4. The topological polar surface area (TPSA) is 86.9 Å². The van der Waals surface area contributed by atoms with Crippen molar-refractivity contribution in [3.8, 4) is 0 Å². The van der Waals surface area contributed by atoms with Crippen molar-refractivity contribution in [1.29, 1.82) is 0 Å². The maximum atomic E-state index is 11.3. The van der Waals surface area contributed by atoms with Gasteiger partial charge in [0, 0.05) is 12.7 Å². The molecule has 1 saturated carbocycles. The van der Waals surface area contributed by atoms with Crippen molar-refractivity contribution in [3.63, 3.8) is 0 Å². The highest BCUT2D eigenvalue weighted by Crippen LogP contribution is 2.28. The molecule has 1 aliphatic carbocycles. The molecule has 0 unspecified atom stereocenters. The Kier molecular flexibility index (Phi) is 2.87. The van der Waals surface area contributed by atoms with Crippen LogP contribution in [-0.2, 0) is 0 Å². The van der Waals surface area contributed by atoms with E-state index in [2.05, 4.69) is 10.3 Å². The lowest BCUT2D eigenvalue weighted by atomic mass is 9.82. The summed E-state index contributed by atoms with van der Waals surface area (Å²) in [5.74, 6) is -0.226. The van der Waals surface area contributed by atoms with Crippen LogP contribution in [0.1, 0.15) is 23.3 Å². The Morgan fingerprint density at radius 1 is 1.47 bits per heavy atom. The van der Waals surface area contributed by atoms with Crippen LogP contribution in [0.5, 0.6) is 0 Å². The molecule has 0 saturated heterocycles. The van der Waals surface area contributed by atoms with E-state index < -0.39 is 5.97 Å². The number of imidazole rings is 1. The van der Waals surface area contributed by atoms with Crippen molar-refractivity contribution in [2.75, 3.05) is 11.9 Å². The molecule has 0 spiro atoms. The first kappa shape index (κ1) is 12.0. The minimum atomic E-state index is -1.00. The zero-order valence-corrected chi connectivity index (χ0v) is 10.3. The van der Waals surface area contributed by atoms with Gasteiger partial charge in [0.25, 0.3) is 0 Å². The predicted molar refractivity (Wildman–Crippen MR) is 69.4 cm³/mol. The van der Waals surface area contributed by atoms with Crippen LogP contribution in [0.4, 0.5) is 5.82 Å². The molecule has 6 heteroatoms. The van der Waals surface area contributed by atoms with Crippen LogP contribution < -0.4 is 5.32 Å². The summed E-state index contributed by atoms with van der Waals surface area (Å²) in [6.07, 6.45) is 3.02. The SMILES string of the molecule is O=C(O)c1c(NCC2CC(O)C2)nc2ccccn12. The van der Waals surface area contributed by atoms with E-state index >= 15 is 0 Å². The molecule has 19 heavy (non-hydrogen) atoms. The third kappa shape index (κ3) is 2.15. The Bertz CT molecular complexity index is 617. The second kappa shape index (κ2) is 4.55. The first-order valence-corrected chi connectivity index (χ1v) is 6.27. The summed E-state index contributed by atoms with van der Waals surface area (Å²) < 4.78 is 1.56. The largest absolute Gasteiger partial charge is 0.476 e. The fourth-order valence-electron chi connectivity index (χ4n) is 2.43. The van der Waals surface area contributed by atoms with Gasteiger partial charge in [0.15, 0.2) is 11.5 Å². The zero-order valence-electron chi connectivity index (χ0n) is 10.3. The van der Waals surface area contributed by atoms with Gasteiger partial charge in [-0.05, 0) is 30.9 Å². The number of hydrogen-bond donors (Lipinski definition) is 3. The van der Waals surface area contributed by atoms with E-state index in [1.54, 1.807) is 22.7 Å². The molecule has 3 rings (SSSR count). The average Bonchev–Trinajstić information content (AvgIpc) is 2.71. The summed E-state index contributed by atoms with van der Waals surface area (Å²) in [6.45, 7) is 0.640. The number of carbonyl (C=O) groups is 1. The Labute approximate surface area is 109 Å². The van der Waals surface area contributed by atoms with E-state index in [-0.39, 0.29) is 11.8 Å². The monoisotopic (exact) mass is 261 g/mol. The van der Waals surface area contributed by atoms with E-state index in [4.69, 9.17) is 0 Å². The lowest BCUT2D eigenvalue weighted by Crippen LogP contribution is -2.33. The molecule has 1 aliphatic rings. The van der Waals surface area contributed by atoms with Gasteiger partial charge >= 0.3 is 5.97 Å². The normalized spacial score (nSPS) is 22.2. The predicted octanol–water partition coefficient (Wildman–Crippen LogP) is 1.22. The van der Waals surface area contributed by atoms with Crippen LogP contribution >= 0.6 is 0 Å². The number of anilines is 1. The number of aliphatic hydroxyl groups is 1. The molecule has 2 heterocycles. The fraction of sp³-hybridized carbons (Fsp3) is 0.385. The maximum Gasteiger partial charge on any atom is 0.356 e. The van der Waals surface area contributed by atoms with Crippen molar-refractivity contribution >= 4 is 17.4 Å². The molecule has 0 aliphatic heterocycles. The Morgan fingerprint density at radius 2 is 2.26 bits per heavy atom. The number of rotatable bonds is 4. The van der Waals surface area contributed by atoms with E-state index in [0.29, 0.717) is 23.9 Å². The number of carboxylic acids is 1. The number of nitrogens with one attached hydrogen (secondary N) is 1. The molecule has 0 aromatic carbocycles. The minimum Gasteiger partial charge on any atom is -0.476 e. The highest BCUT2D eigenvalue weighted by Gasteiger charge is 2.27. The zero-order chi connectivity index (χ0) is 13.4. The van der Waals surface area contributed by atoms with Crippen molar-refractivity contribution < 1.29 is 15.0 Å². The summed E-state index contributed by atoms with van der Waals surface area (Å²) in [7, 11) is 0. The maximum absolute atomic E-state index is 11.3. The van der Waals surface area contributed by atoms with Gasteiger partial charge in [-0.1, -0.05) is 6.07 Å². The third-order valence-corrected chi connectivity index (χ3v) is 3.50. The number of aromatic carboxylic acids is 1. The van der Waals surface area contributed by atoms with E-state index in [9.17, 15) is 15.0 Å². The number of aliphatic hydroxyl groups excluding tert-OH is 1. The fourth-order valence-corrected chi connectivity index (χ4v) is 2.43. The van der Waals surface area contributed by atoms with Gasteiger partial charge in [-0.25, -0.2) is 9.78 Å². The lowest BCUT2D eigenvalue weighted by molar-refractivity contribution is 0.0485. The molecular weight excluding hydrogens is 246 g/mol. The van der Waals surface area contributed by atoms with Gasteiger partial charge in [-0.15, -0.1) is 0 Å². The molecule has 0 radical (unpaired) electrons. The van der Waals surface area contributed by atoms with Gasteiger partial charge < -0.3 is 15.5 Å². The molecule has 0 bridgehead atoms. The van der Waals surface area contributed by atoms with Crippen LogP contribution in [0.15, 0.2) is 24.4 Å². The third-order valence-electron chi connectivity index (χ3n) is 3.50. The molecule has 2 aromatic heterocycles. The molecule has 1 fully saturated rings. The summed E-state index contributed by atoms with van der Waals surface area (Å²) in [5, 5.41) is 21.6. The highest BCUT2D eigenvalue weighted by molar-refractivity contribution is 5.92. The Morgan fingerprint density at radius 3 is 2.95 bits per heavy atom. The molecule has 0 amide bonds. The number of aromatic nitrogens is 2. The quantitative estimate of drug-likeness (QED) is 0.770. The average molecular weight is 261 g/mol. The van der Waals surface area contributed by atoms with Crippen LogP contribution in [0.3, 0.4) is 0 Å². The summed E-state index contributed by atoms with van der Waals surface area (Å²) in [5.41, 5.74) is 0.756. The van der Waals surface area contributed by atoms with Crippen LogP contribution in [0.2, 0.25) is 0 Å².